The fourth-order valence-electron chi connectivity index (χ4n) is 2.47. The van der Waals surface area contributed by atoms with E-state index in [1.807, 2.05) is 0 Å². The highest BCUT2D eigenvalue weighted by molar-refractivity contribution is 7.91. The number of ether oxygens (including phenoxy) is 2. The third-order valence-electron chi connectivity index (χ3n) is 3.57. The van der Waals surface area contributed by atoms with E-state index in [0.29, 0.717) is 35.1 Å². The van der Waals surface area contributed by atoms with Crippen LogP contribution in [0, 0.1) is 5.92 Å². The summed E-state index contributed by atoms with van der Waals surface area (Å²) in [7, 11) is -2.93. The standard InChI is InChI=1S/C13H14ClNO5S/c14-10-3-9(4-11-12(10)20-7-19-11)13(16)15-5-8-1-2-21(17,18)6-8/h3-4,8H,1-2,5-7H2,(H,15,16)/t8-/m1/s1. The highest BCUT2D eigenvalue weighted by atomic mass is 35.5. The van der Waals surface area contributed by atoms with Gasteiger partial charge in [0.2, 0.25) is 6.79 Å². The lowest BCUT2D eigenvalue weighted by Crippen LogP contribution is -2.29. The molecule has 2 aliphatic heterocycles. The Morgan fingerprint density at radius 1 is 1.38 bits per heavy atom. The highest BCUT2D eigenvalue weighted by Gasteiger charge is 2.28. The molecule has 1 N–H and O–H groups in total. The van der Waals surface area contributed by atoms with E-state index >= 15 is 0 Å². The van der Waals surface area contributed by atoms with Crippen molar-refractivity contribution in [3.05, 3.63) is 22.7 Å². The average Bonchev–Trinajstić information content (AvgIpc) is 3.02. The molecule has 1 saturated heterocycles. The largest absolute Gasteiger partial charge is 0.454 e. The average molecular weight is 332 g/mol. The molecule has 0 unspecified atom stereocenters. The second-order valence-electron chi connectivity index (χ2n) is 5.17. The summed E-state index contributed by atoms with van der Waals surface area (Å²) in [5.74, 6) is 0.882. The van der Waals surface area contributed by atoms with E-state index < -0.39 is 9.84 Å². The van der Waals surface area contributed by atoms with Gasteiger partial charge in [0.05, 0.1) is 16.5 Å². The second-order valence-corrected chi connectivity index (χ2v) is 7.81. The second kappa shape index (κ2) is 5.38. The van der Waals surface area contributed by atoms with Crippen LogP contribution in [0.25, 0.3) is 0 Å². The molecule has 1 aromatic rings. The maximum atomic E-state index is 12.1. The quantitative estimate of drug-likeness (QED) is 0.901. The molecule has 0 saturated carbocycles. The molecule has 0 radical (unpaired) electrons. The number of carbonyl (C=O) groups is 1. The number of carbonyl (C=O) groups excluding carboxylic acids is 1. The summed E-state index contributed by atoms with van der Waals surface area (Å²) in [5, 5.41) is 3.06. The van der Waals surface area contributed by atoms with Gasteiger partial charge in [-0.15, -0.1) is 0 Å². The molecule has 0 bridgehead atoms. The summed E-state index contributed by atoms with van der Waals surface area (Å²) in [4.78, 5) is 12.1. The lowest BCUT2D eigenvalue weighted by Gasteiger charge is -2.10. The predicted molar refractivity (Wildman–Crippen MR) is 76.7 cm³/mol. The van der Waals surface area contributed by atoms with E-state index in [1.54, 1.807) is 6.07 Å². The molecule has 1 fully saturated rings. The first-order valence-electron chi connectivity index (χ1n) is 6.52. The zero-order chi connectivity index (χ0) is 15.0. The van der Waals surface area contributed by atoms with E-state index in [9.17, 15) is 13.2 Å². The summed E-state index contributed by atoms with van der Waals surface area (Å²) >= 11 is 6.02. The molecule has 0 aliphatic carbocycles. The van der Waals surface area contributed by atoms with Crippen LogP contribution in [0.2, 0.25) is 5.02 Å². The van der Waals surface area contributed by atoms with Gasteiger partial charge in [-0.2, -0.15) is 0 Å². The van der Waals surface area contributed by atoms with Crippen molar-refractivity contribution >= 4 is 27.3 Å². The molecule has 8 heteroatoms. The summed E-state index contributed by atoms with van der Waals surface area (Å²) in [6, 6.07) is 3.07. The Bertz CT molecular complexity index is 688. The van der Waals surface area contributed by atoms with Crippen LogP contribution < -0.4 is 14.8 Å². The minimum absolute atomic E-state index is 0.0246. The van der Waals surface area contributed by atoms with Gasteiger partial charge in [-0.3, -0.25) is 4.79 Å². The number of hydrogen-bond acceptors (Lipinski definition) is 5. The van der Waals surface area contributed by atoms with Gasteiger partial charge in [0.1, 0.15) is 0 Å². The predicted octanol–water partition coefficient (Wildman–Crippen LogP) is 1.23. The van der Waals surface area contributed by atoms with E-state index in [1.165, 1.54) is 6.07 Å². The van der Waals surface area contributed by atoms with Crippen molar-refractivity contribution in [1.29, 1.82) is 0 Å². The molecule has 0 aromatic heterocycles. The molecule has 114 valence electrons. The first-order chi connectivity index (χ1) is 9.94. The lowest BCUT2D eigenvalue weighted by atomic mass is 10.1. The zero-order valence-electron chi connectivity index (χ0n) is 11.1. The van der Waals surface area contributed by atoms with Crippen molar-refractivity contribution in [3.63, 3.8) is 0 Å². The van der Waals surface area contributed by atoms with Gasteiger partial charge in [0, 0.05) is 12.1 Å². The van der Waals surface area contributed by atoms with Crippen molar-refractivity contribution in [2.24, 2.45) is 5.92 Å². The molecule has 1 atom stereocenters. The van der Waals surface area contributed by atoms with E-state index in [2.05, 4.69) is 5.32 Å². The molecule has 2 heterocycles. The molecule has 6 nitrogen and oxygen atoms in total. The number of sulfone groups is 1. The summed E-state index contributed by atoms with van der Waals surface area (Å²) in [6.45, 7) is 0.421. The number of benzene rings is 1. The van der Waals surface area contributed by atoms with Crippen LogP contribution in [0.4, 0.5) is 0 Å². The third kappa shape index (κ3) is 3.08. The fourth-order valence-corrected chi connectivity index (χ4v) is 4.60. The van der Waals surface area contributed by atoms with Gasteiger partial charge in [-0.05, 0) is 24.5 Å². The first kappa shape index (κ1) is 14.5. The van der Waals surface area contributed by atoms with E-state index in [0.717, 1.165) is 0 Å². The molecule has 0 spiro atoms. The lowest BCUT2D eigenvalue weighted by molar-refractivity contribution is 0.0948. The molecular weight excluding hydrogens is 318 g/mol. The van der Waals surface area contributed by atoms with E-state index in [4.69, 9.17) is 21.1 Å². The Labute approximate surface area is 127 Å². The molecule has 1 aromatic carbocycles. The number of amides is 1. The Kier molecular flexibility index (Phi) is 3.71. The van der Waals surface area contributed by atoms with Crippen molar-refractivity contribution in [1.82, 2.24) is 5.32 Å². The minimum atomic E-state index is -2.93. The SMILES string of the molecule is O=C(NC[C@H]1CCS(=O)(=O)C1)c1cc(Cl)c2c(c1)OCO2. The van der Waals surface area contributed by atoms with Crippen LogP contribution >= 0.6 is 11.6 Å². The summed E-state index contributed by atoms with van der Waals surface area (Å²) < 4.78 is 33.1. The number of fused-ring (bicyclic) bond motifs is 1. The maximum Gasteiger partial charge on any atom is 0.251 e. The number of rotatable bonds is 3. The monoisotopic (exact) mass is 331 g/mol. The number of hydrogen-bond donors (Lipinski definition) is 1. The summed E-state index contributed by atoms with van der Waals surface area (Å²) in [5.41, 5.74) is 0.366. The maximum absolute atomic E-state index is 12.1. The van der Waals surface area contributed by atoms with Gasteiger partial charge in [-0.25, -0.2) is 8.42 Å². The normalized spacial score (nSPS) is 22.2. The van der Waals surface area contributed by atoms with Gasteiger partial charge < -0.3 is 14.8 Å². The van der Waals surface area contributed by atoms with Crippen LogP contribution in [0.5, 0.6) is 11.5 Å². The van der Waals surface area contributed by atoms with Crippen LogP contribution in [-0.2, 0) is 9.84 Å². The minimum Gasteiger partial charge on any atom is -0.454 e. The molecular formula is C13H14ClNO5S. The molecule has 3 rings (SSSR count). The highest BCUT2D eigenvalue weighted by Crippen LogP contribution is 2.39. The third-order valence-corrected chi connectivity index (χ3v) is 5.69. The Balaban J connectivity index is 1.65. The van der Waals surface area contributed by atoms with Crippen molar-refractivity contribution < 1.29 is 22.7 Å². The fraction of sp³-hybridized carbons (Fsp3) is 0.462. The molecule has 2 aliphatic rings. The Morgan fingerprint density at radius 2 is 2.19 bits per heavy atom. The zero-order valence-corrected chi connectivity index (χ0v) is 12.7. The number of nitrogens with one attached hydrogen (secondary N) is 1. The topological polar surface area (TPSA) is 81.7 Å². The van der Waals surface area contributed by atoms with Crippen LogP contribution in [0.15, 0.2) is 12.1 Å². The smallest absolute Gasteiger partial charge is 0.251 e. The number of halogens is 1. The van der Waals surface area contributed by atoms with Gasteiger partial charge in [-0.1, -0.05) is 11.6 Å². The van der Waals surface area contributed by atoms with Crippen LogP contribution in [0.3, 0.4) is 0 Å². The first-order valence-corrected chi connectivity index (χ1v) is 8.72. The molecule has 1 amide bonds. The van der Waals surface area contributed by atoms with Gasteiger partial charge >= 0.3 is 0 Å². The Morgan fingerprint density at radius 3 is 2.90 bits per heavy atom. The van der Waals surface area contributed by atoms with Gasteiger partial charge in [0.15, 0.2) is 21.3 Å². The van der Waals surface area contributed by atoms with Gasteiger partial charge in [0.25, 0.3) is 5.91 Å². The van der Waals surface area contributed by atoms with Crippen molar-refractivity contribution in [2.75, 3.05) is 24.8 Å². The van der Waals surface area contributed by atoms with Crippen molar-refractivity contribution in [2.45, 2.75) is 6.42 Å². The van der Waals surface area contributed by atoms with E-state index in [-0.39, 0.29) is 30.1 Å². The van der Waals surface area contributed by atoms with Crippen LogP contribution in [-0.4, -0.2) is 39.2 Å². The summed E-state index contributed by atoms with van der Waals surface area (Å²) in [6.07, 6.45) is 0.588. The van der Waals surface area contributed by atoms with Crippen LogP contribution in [0.1, 0.15) is 16.8 Å². The molecule has 21 heavy (non-hydrogen) atoms. The van der Waals surface area contributed by atoms with Crippen molar-refractivity contribution in [3.8, 4) is 11.5 Å². The Hall–Kier alpha value is -1.47.